The van der Waals surface area contributed by atoms with Gasteiger partial charge in [-0.3, -0.25) is 0 Å². The zero-order chi connectivity index (χ0) is 15.5. The molecule has 3 N–H and O–H groups in total. The van der Waals surface area contributed by atoms with E-state index in [2.05, 4.69) is 14.8 Å². The van der Waals surface area contributed by atoms with Gasteiger partial charge in [-0.05, 0) is 50.7 Å². The van der Waals surface area contributed by atoms with E-state index in [-0.39, 0.29) is 28.2 Å². The molecule has 1 unspecified atom stereocenters. The molecular weight excluding hydrogens is 350 g/mol. The van der Waals surface area contributed by atoms with Crippen LogP contribution >= 0.6 is 12.4 Å². The van der Waals surface area contributed by atoms with Crippen LogP contribution in [0.4, 0.5) is 0 Å². The normalized spacial score (nSPS) is 18.9. The topological polar surface area (TPSA) is 104 Å². The molecule has 1 aromatic carbocycles. The van der Waals surface area contributed by atoms with Crippen LogP contribution in [0.2, 0.25) is 0 Å². The molecule has 0 spiro atoms. The van der Waals surface area contributed by atoms with Crippen LogP contribution < -0.4 is 14.8 Å². The van der Waals surface area contributed by atoms with E-state index in [0.717, 1.165) is 19.4 Å². The third-order valence-electron chi connectivity index (χ3n) is 3.40. The summed E-state index contributed by atoms with van der Waals surface area (Å²) in [5.74, 6) is 0. The zero-order valence-electron chi connectivity index (χ0n) is 12.1. The monoisotopic (exact) mass is 369 g/mol. The minimum absolute atomic E-state index is 0. The Morgan fingerprint density at radius 1 is 1.09 bits per heavy atom. The van der Waals surface area contributed by atoms with E-state index in [0.29, 0.717) is 6.54 Å². The van der Waals surface area contributed by atoms with Crippen LogP contribution in [0.25, 0.3) is 0 Å². The molecule has 2 rings (SSSR count). The third-order valence-corrected chi connectivity index (χ3v) is 6.26. The summed E-state index contributed by atoms with van der Waals surface area (Å²) in [6.45, 7) is 1.24. The zero-order valence-corrected chi connectivity index (χ0v) is 14.5. The van der Waals surface area contributed by atoms with Gasteiger partial charge in [-0.15, -0.1) is 12.4 Å². The molecule has 1 fully saturated rings. The lowest BCUT2D eigenvalue weighted by Gasteiger charge is -2.12. The van der Waals surface area contributed by atoms with E-state index in [1.54, 1.807) is 0 Å². The Morgan fingerprint density at radius 2 is 1.64 bits per heavy atom. The van der Waals surface area contributed by atoms with Gasteiger partial charge in [-0.2, -0.15) is 0 Å². The maximum atomic E-state index is 12.1. The summed E-state index contributed by atoms with van der Waals surface area (Å²) in [4.78, 5) is 0.0805. The second-order valence-electron chi connectivity index (χ2n) is 4.82. The molecule has 0 saturated carbocycles. The first-order chi connectivity index (χ1) is 9.85. The number of halogens is 1. The fourth-order valence-corrected chi connectivity index (χ4v) is 3.95. The fraction of sp³-hybridized carbons (Fsp3) is 0.500. The van der Waals surface area contributed by atoms with E-state index in [4.69, 9.17) is 0 Å². The van der Waals surface area contributed by atoms with E-state index >= 15 is 0 Å². The Labute approximate surface area is 137 Å². The summed E-state index contributed by atoms with van der Waals surface area (Å²) < 4.78 is 52.1. The van der Waals surface area contributed by atoms with Gasteiger partial charge in [0.2, 0.25) is 20.0 Å². The largest absolute Gasteiger partial charge is 0.313 e. The van der Waals surface area contributed by atoms with Gasteiger partial charge in [0.15, 0.2) is 0 Å². The average Bonchev–Trinajstić information content (AvgIpc) is 2.99. The lowest BCUT2D eigenvalue weighted by atomic mass is 10.2. The lowest BCUT2D eigenvalue weighted by molar-refractivity contribution is 0.551. The quantitative estimate of drug-likeness (QED) is 0.657. The van der Waals surface area contributed by atoms with Gasteiger partial charge in [0.25, 0.3) is 0 Å². The van der Waals surface area contributed by atoms with Gasteiger partial charge in [-0.25, -0.2) is 26.3 Å². The first kappa shape index (κ1) is 19.3. The highest BCUT2D eigenvalue weighted by Crippen LogP contribution is 2.14. The molecule has 1 heterocycles. The number of hydrogen-bond donors (Lipinski definition) is 3. The summed E-state index contributed by atoms with van der Waals surface area (Å²) >= 11 is 0. The number of sulfonamides is 2. The Balaban J connectivity index is 0.00000242. The molecule has 0 amide bonds. The Bertz CT molecular complexity index is 684. The van der Waals surface area contributed by atoms with Crippen LogP contribution in [0.3, 0.4) is 0 Å². The van der Waals surface area contributed by atoms with Crippen molar-refractivity contribution >= 4 is 32.5 Å². The van der Waals surface area contributed by atoms with Crippen molar-refractivity contribution in [3.05, 3.63) is 24.3 Å². The lowest BCUT2D eigenvalue weighted by Crippen LogP contribution is -2.37. The molecule has 126 valence electrons. The molecule has 0 aromatic heterocycles. The summed E-state index contributed by atoms with van der Waals surface area (Å²) in [7, 11) is -5.88. The summed E-state index contributed by atoms with van der Waals surface area (Å²) in [6.07, 6.45) is 1.99. The summed E-state index contributed by atoms with van der Waals surface area (Å²) in [5.41, 5.74) is 0. The smallest absolute Gasteiger partial charge is 0.240 e. The molecule has 1 aliphatic rings. The highest BCUT2D eigenvalue weighted by molar-refractivity contribution is 7.90. The second-order valence-corrected chi connectivity index (χ2v) is 8.48. The Kier molecular flexibility index (Phi) is 6.78. The molecule has 0 aliphatic carbocycles. The van der Waals surface area contributed by atoms with Crippen LogP contribution in [0.15, 0.2) is 34.1 Å². The summed E-state index contributed by atoms with van der Waals surface area (Å²) in [5, 5.41) is 3.20. The third kappa shape index (κ3) is 4.64. The number of benzene rings is 1. The van der Waals surface area contributed by atoms with E-state index in [1.165, 1.54) is 31.3 Å². The van der Waals surface area contributed by atoms with Crippen LogP contribution in [-0.4, -0.2) is 43.0 Å². The molecule has 0 radical (unpaired) electrons. The number of hydrogen-bond acceptors (Lipinski definition) is 5. The highest BCUT2D eigenvalue weighted by Gasteiger charge is 2.20. The first-order valence-corrected chi connectivity index (χ1v) is 9.58. The molecule has 1 atom stereocenters. The van der Waals surface area contributed by atoms with Gasteiger partial charge < -0.3 is 5.32 Å². The predicted molar refractivity (Wildman–Crippen MR) is 86.1 cm³/mol. The summed E-state index contributed by atoms with van der Waals surface area (Å²) in [6, 6.07) is 5.27. The second kappa shape index (κ2) is 7.71. The SMILES string of the molecule is CNS(=O)(=O)c1ccc(S(=O)(=O)NCC2CCCN2)cc1.Cl. The minimum Gasteiger partial charge on any atom is -0.313 e. The van der Waals surface area contributed by atoms with Gasteiger partial charge in [-0.1, -0.05) is 0 Å². The fourth-order valence-electron chi connectivity index (χ4n) is 2.14. The Morgan fingerprint density at radius 3 is 2.09 bits per heavy atom. The van der Waals surface area contributed by atoms with Crippen molar-refractivity contribution in [1.29, 1.82) is 0 Å². The van der Waals surface area contributed by atoms with Crippen LogP contribution in [0.1, 0.15) is 12.8 Å². The van der Waals surface area contributed by atoms with Gasteiger partial charge >= 0.3 is 0 Å². The van der Waals surface area contributed by atoms with Crippen molar-refractivity contribution < 1.29 is 16.8 Å². The van der Waals surface area contributed by atoms with Crippen LogP contribution in [-0.2, 0) is 20.0 Å². The van der Waals surface area contributed by atoms with Crippen molar-refractivity contribution in [2.45, 2.75) is 28.7 Å². The molecule has 10 heteroatoms. The van der Waals surface area contributed by atoms with E-state index in [1.807, 2.05) is 0 Å². The standard InChI is InChI=1S/C12H19N3O4S2.ClH/c1-13-20(16,17)11-4-6-12(7-5-11)21(18,19)15-9-10-3-2-8-14-10;/h4-7,10,13-15H,2-3,8-9H2,1H3;1H. The van der Waals surface area contributed by atoms with Crippen molar-refractivity contribution in [3.63, 3.8) is 0 Å². The Hall–Kier alpha value is -0.710. The molecule has 22 heavy (non-hydrogen) atoms. The average molecular weight is 370 g/mol. The van der Waals surface area contributed by atoms with Crippen molar-refractivity contribution in [1.82, 2.24) is 14.8 Å². The van der Waals surface area contributed by atoms with Gasteiger partial charge in [0.1, 0.15) is 0 Å². The van der Waals surface area contributed by atoms with Crippen LogP contribution in [0, 0.1) is 0 Å². The maximum Gasteiger partial charge on any atom is 0.240 e. The minimum atomic E-state index is -3.62. The molecule has 1 saturated heterocycles. The van der Waals surface area contributed by atoms with Crippen molar-refractivity contribution in [3.8, 4) is 0 Å². The van der Waals surface area contributed by atoms with Gasteiger partial charge in [0.05, 0.1) is 9.79 Å². The number of rotatable bonds is 6. The molecule has 1 aliphatic heterocycles. The van der Waals surface area contributed by atoms with Crippen LogP contribution in [0.5, 0.6) is 0 Å². The molecular formula is C12H20ClN3O4S2. The number of nitrogens with one attached hydrogen (secondary N) is 3. The van der Waals surface area contributed by atoms with E-state index < -0.39 is 20.0 Å². The maximum absolute atomic E-state index is 12.1. The molecule has 7 nitrogen and oxygen atoms in total. The molecule has 0 bridgehead atoms. The van der Waals surface area contributed by atoms with Crippen molar-refractivity contribution in [2.24, 2.45) is 0 Å². The first-order valence-electron chi connectivity index (χ1n) is 6.62. The predicted octanol–water partition coefficient (Wildman–Crippen LogP) is 0.0468. The van der Waals surface area contributed by atoms with Crippen molar-refractivity contribution in [2.75, 3.05) is 20.1 Å². The van der Waals surface area contributed by atoms with Gasteiger partial charge in [0, 0.05) is 12.6 Å². The highest BCUT2D eigenvalue weighted by atomic mass is 35.5. The van der Waals surface area contributed by atoms with E-state index in [9.17, 15) is 16.8 Å². The molecule has 1 aromatic rings.